The van der Waals surface area contributed by atoms with E-state index in [2.05, 4.69) is 10.3 Å². The van der Waals surface area contributed by atoms with E-state index in [1.807, 2.05) is 23.0 Å². The van der Waals surface area contributed by atoms with Crippen LogP contribution in [0.3, 0.4) is 0 Å². The molecule has 0 aliphatic carbocycles. The summed E-state index contributed by atoms with van der Waals surface area (Å²) < 4.78 is 7.81. The molecule has 3 rings (SSSR count). The molecule has 0 spiro atoms. The number of benzene rings is 1. The van der Waals surface area contributed by atoms with Gasteiger partial charge in [-0.05, 0) is 13.1 Å². The molecule has 0 aliphatic rings. The molecule has 0 radical (unpaired) electrons. The van der Waals surface area contributed by atoms with Crippen molar-refractivity contribution in [2.24, 2.45) is 0 Å². The number of nitrogens with one attached hydrogen (secondary N) is 1. The van der Waals surface area contributed by atoms with Crippen LogP contribution < -0.4 is 10.1 Å². The average molecular weight is 363 g/mol. The van der Waals surface area contributed by atoms with Crippen LogP contribution in [-0.2, 0) is 6.54 Å². The van der Waals surface area contributed by atoms with Gasteiger partial charge in [0, 0.05) is 24.2 Å². The molecule has 0 saturated carbocycles. The minimum absolute atomic E-state index is 0.382. The quantitative estimate of drug-likeness (QED) is 0.673. The number of ether oxygens (including phenoxy) is 1. The number of nitrogens with zero attached hydrogens (tertiary/aromatic N) is 2. The number of hydrogen-bond acceptors (Lipinski definition) is 4. The molecule has 4 nitrogen and oxygen atoms in total. The maximum Gasteiger partial charge on any atom is 0.243 e. The van der Waals surface area contributed by atoms with Crippen LogP contribution in [0.4, 0.5) is 0 Å². The molecule has 3 aromatic rings. The Morgan fingerprint density at radius 3 is 2.76 bits per heavy atom. The Morgan fingerprint density at radius 1 is 1.24 bits per heavy atom. The van der Waals surface area contributed by atoms with Crippen molar-refractivity contribution in [1.82, 2.24) is 14.7 Å². The van der Waals surface area contributed by atoms with E-state index in [0.29, 0.717) is 33.2 Å². The highest BCUT2D eigenvalue weighted by molar-refractivity contribution is 7.15. The molecular weight excluding hydrogens is 353 g/mol. The summed E-state index contributed by atoms with van der Waals surface area (Å²) in [6.45, 7) is 0.617. The van der Waals surface area contributed by atoms with Crippen molar-refractivity contribution in [2.75, 3.05) is 7.05 Å². The molecule has 0 saturated heterocycles. The summed E-state index contributed by atoms with van der Waals surface area (Å²) in [5, 5.41) is 6.22. The van der Waals surface area contributed by atoms with Gasteiger partial charge in [-0.2, -0.15) is 4.98 Å². The molecule has 0 atom stereocenters. The van der Waals surface area contributed by atoms with Crippen molar-refractivity contribution in [1.29, 1.82) is 0 Å². The standard InChI is InChI=1S/C13H10Cl3N3OS/c1-17-6-10-12(18-13-19(10)2-3-21-13)20-11-5-8(15)7(14)4-9(11)16/h2-5,17H,6H2,1H3. The van der Waals surface area contributed by atoms with Crippen LogP contribution in [0.25, 0.3) is 4.96 Å². The highest BCUT2D eigenvalue weighted by Crippen LogP contribution is 2.37. The van der Waals surface area contributed by atoms with Gasteiger partial charge in [-0.1, -0.05) is 34.8 Å². The first-order chi connectivity index (χ1) is 10.1. The van der Waals surface area contributed by atoms with E-state index >= 15 is 0 Å². The monoisotopic (exact) mass is 361 g/mol. The van der Waals surface area contributed by atoms with Gasteiger partial charge in [-0.15, -0.1) is 11.3 Å². The number of imidazole rings is 1. The molecule has 2 heterocycles. The smallest absolute Gasteiger partial charge is 0.243 e. The SMILES string of the molecule is CNCc1c(Oc2cc(Cl)c(Cl)cc2Cl)nc2sccn12. The van der Waals surface area contributed by atoms with Gasteiger partial charge in [0.2, 0.25) is 5.88 Å². The molecule has 0 aliphatic heterocycles. The van der Waals surface area contributed by atoms with Crippen molar-refractivity contribution in [3.05, 3.63) is 44.5 Å². The van der Waals surface area contributed by atoms with Crippen LogP contribution in [-0.4, -0.2) is 16.4 Å². The molecule has 110 valence electrons. The molecule has 0 bridgehead atoms. The Morgan fingerprint density at radius 2 is 2.00 bits per heavy atom. The lowest BCUT2D eigenvalue weighted by Crippen LogP contribution is -2.08. The predicted molar refractivity (Wildman–Crippen MR) is 87.4 cm³/mol. The lowest BCUT2D eigenvalue weighted by molar-refractivity contribution is 0.457. The molecule has 2 aromatic heterocycles. The highest BCUT2D eigenvalue weighted by atomic mass is 35.5. The molecule has 8 heteroatoms. The Labute approximate surface area is 140 Å². The summed E-state index contributed by atoms with van der Waals surface area (Å²) in [6.07, 6.45) is 1.95. The van der Waals surface area contributed by atoms with Gasteiger partial charge >= 0.3 is 0 Å². The lowest BCUT2D eigenvalue weighted by atomic mass is 10.3. The average Bonchev–Trinajstić information content (AvgIpc) is 3.00. The molecule has 21 heavy (non-hydrogen) atoms. The lowest BCUT2D eigenvalue weighted by Gasteiger charge is -2.08. The highest BCUT2D eigenvalue weighted by Gasteiger charge is 2.16. The Balaban J connectivity index is 2.03. The van der Waals surface area contributed by atoms with Gasteiger partial charge in [0.25, 0.3) is 0 Å². The second-order valence-electron chi connectivity index (χ2n) is 4.25. The second kappa shape index (κ2) is 6.02. The zero-order valence-corrected chi connectivity index (χ0v) is 13.9. The minimum atomic E-state index is 0.382. The number of aromatic nitrogens is 2. The molecule has 1 aromatic carbocycles. The fourth-order valence-corrected chi connectivity index (χ4v) is 3.21. The van der Waals surface area contributed by atoms with Crippen LogP contribution >= 0.6 is 46.1 Å². The Bertz CT molecular complexity index is 799. The maximum absolute atomic E-state index is 6.14. The van der Waals surface area contributed by atoms with Crippen LogP contribution in [0.15, 0.2) is 23.7 Å². The number of rotatable bonds is 4. The van der Waals surface area contributed by atoms with Crippen LogP contribution in [0.5, 0.6) is 11.6 Å². The summed E-state index contributed by atoms with van der Waals surface area (Å²) >= 11 is 19.6. The van der Waals surface area contributed by atoms with Gasteiger partial charge < -0.3 is 10.1 Å². The third-order valence-electron chi connectivity index (χ3n) is 2.85. The van der Waals surface area contributed by atoms with E-state index < -0.39 is 0 Å². The van der Waals surface area contributed by atoms with Crippen LogP contribution in [0.2, 0.25) is 15.1 Å². The van der Waals surface area contributed by atoms with Gasteiger partial charge in [0.1, 0.15) is 11.4 Å². The fourth-order valence-electron chi connectivity index (χ4n) is 1.91. The largest absolute Gasteiger partial charge is 0.436 e. The van der Waals surface area contributed by atoms with E-state index in [9.17, 15) is 0 Å². The second-order valence-corrected chi connectivity index (χ2v) is 6.34. The number of fused-ring (bicyclic) bond motifs is 1. The molecule has 1 N–H and O–H groups in total. The third kappa shape index (κ3) is 2.84. The zero-order valence-electron chi connectivity index (χ0n) is 10.9. The van der Waals surface area contributed by atoms with Crippen molar-refractivity contribution in [2.45, 2.75) is 6.54 Å². The zero-order chi connectivity index (χ0) is 15.0. The van der Waals surface area contributed by atoms with Crippen molar-refractivity contribution >= 4 is 51.1 Å². The van der Waals surface area contributed by atoms with E-state index in [1.54, 1.807) is 12.1 Å². The van der Waals surface area contributed by atoms with Crippen LogP contribution in [0, 0.1) is 0 Å². The molecular formula is C13H10Cl3N3OS. The van der Waals surface area contributed by atoms with Crippen molar-refractivity contribution in [3.8, 4) is 11.6 Å². The molecule has 0 amide bonds. The van der Waals surface area contributed by atoms with Gasteiger partial charge in [0.05, 0.1) is 15.1 Å². The maximum atomic E-state index is 6.14. The summed E-state index contributed by atoms with van der Waals surface area (Å²) in [5.74, 6) is 0.922. The number of halogens is 3. The van der Waals surface area contributed by atoms with Gasteiger partial charge in [-0.25, -0.2) is 0 Å². The van der Waals surface area contributed by atoms with Gasteiger partial charge in [-0.3, -0.25) is 4.40 Å². The Hall–Kier alpha value is -0.980. The van der Waals surface area contributed by atoms with Crippen molar-refractivity contribution in [3.63, 3.8) is 0 Å². The van der Waals surface area contributed by atoms with E-state index in [0.717, 1.165) is 10.7 Å². The summed E-state index contributed by atoms with van der Waals surface area (Å²) in [7, 11) is 1.86. The van der Waals surface area contributed by atoms with E-state index in [-0.39, 0.29) is 0 Å². The molecule has 0 fully saturated rings. The predicted octanol–water partition coefficient (Wildman–Crippen LogP) is 4.87. The third-order valence-corrected chi connectivity index (χ3v) is 4.62. The number of hydrogen-bond donors (Lipinski definition) is 1. The summed E-state index contributed by atoms with van der Waals surface area (Å²) in [6, 6.07) is 3.14. The van der Waals surface area contributed by atoms with E-state index in [4.69, 9.17) is 39.5 Å². The van der Waals surface area contributed by atoms with Gasteiger partial charge in [0.15, 0.2) is 4.96 Å². The van der Waals surface area contributed by atoms with Crippen molar-refractivity contribution < 1.29 is 4.74 Å². The Kier molecular flexibility index (Phi) is 4.28. The normalized spacial score (nSPS) is 11.2. The fraction of sp³-hybridized carbons (Fsp3) is 0.154. The number of thiazole rings is 1. The first-order valence-corrected chi connectivity index (χ1v) is 8.03. The summed E-state index contributed by atoms with van der Waals surface area (Å²) in [5.41, 5.74) is 0.913. The first-order valence-electron chi connectivity index (χ1n) is 6.01. The topological polar surface area (TPSA) is 38.6 Å². The first kappa shape index (κ1) is 14.9. The van der Waals surface area contributed by atoms with Crippen LogP contribution in [0.1, 0.15) is 5.69 Å². The van der Waals surface area contributed by atoms with E-state index in [1.165, 1.54) is 11.3 Å². The summed E-state index contributed by atoms with van der Waals surface area (Å²) in [4.78, 5) is 5.32. The minimum Gasteiger partial charge on any atom is -0.436 e. The molecule has 0 unspecified atom stereocenters.